The highest BCUT2D eigenvalue weighted by atomic mass is 14.9. The molecule has 8 aromatic rings. The minimum Gasteiger partial charge on any atom is -0.265 e. The van der Waals surface area contributed by atoms with Crippen molar-refractivity contribution in [2.45, 2.75) is 5.41 Å². The van der Waals surface area contributed by atoms with Gasteiger partial charge in [-0.1, -0.05) is 152 Å². The smallest absolute Gasteiger partial charge is 0.160 e. The molecule has 3 heteroatoms. The third-order valence-corrected chi connectivity index (χ3v) is 9.71. The Labute approximate surface area is 286 Å². The minimum absolute atomic E-state index is 0.467. The molecule has 3 nitrogen and oxygen atoms in total. The third kappa shape index (κ3) is 4.87. The van der Waals surface area contributed by atoms with Gasteiger partial charge < -0.3 is 0 Å². The predicted molar refractivity (Wildman–Crippen MR) is 199 cm³/mol. The first-order valence-corrected chi connectivity index (χ1v) is 16.6. The van der Waals surface area contributed by atoms with E-state index in [2.05, 4.69) is 145 Å². The van der Waals surface area contributed by atoms with Crippen molar-refractivity contribution in [3.8, 4) is 56.2 Å². The van der Waals surface area contributed by atoms with E-state index in [-0.39, 0.29) is 0 Å². The lowest BCUT2D eigenvalue weighted by Crippen LogP contribution is -2.28. The summed E-state index contributed by atoms with van der Waals surface area (Å²) in [6.45, 7) is 0. The SMILES string of the molecule is c1ccc(-c2cc(-c3ccccc3)nc(-c3ccc(-c4ccc5c(c4)C(c4ccccc4)(c4ccncc4)c4ccccc4-5)cc3)n2)cc1. The fourth-order valence-corrected chi connectivity index (χ4v) is 7.44. The summed E-state index contributed by atoms with van der Waals surface area (Å²) in [5, 5.41) is 0. The molecule has 2 aromatic heterocycles. The van der Waals surface area contributed by atoms with E-state index in [1.165, 1.54) is 33.4 Å². The lowest BCUT2D eigenvalue weighted by Gasteiger charge is -2.34. The Balaban J connectivity index is 1.17. The Kier molecular flexibility index (Phi) is 7.02. The number of hydrogen-bond acceptors (Lipinski definition) is 3. The molecule has 230 valence electrons. The molecule has 0 saturated carbocycles. The molecule has 0 N–H and O–H groups in total. The number of pyridine rings is 1. The number of nitrogens with zero attached hydrogens (tertiary/aromatic N) is 3. The third-order valence-electron chi connectivity index (χ3n) is 9.71. The summed E-state index contributed by atoms with van der Waals surface area (Å²) in [6, 6.07) is 62.3. The number of rotatable bonds is 6. The van der Waals surface area contributed by atoms with Crippen molar-refractivity contribution >= 4 is 0 Å². The molecule has 0 fully saturated rings. The normalized spacial score (nSPS) is 14.6. The zero-order valence-corrected chi connectivity index (χ0v) is 26.7. The van der Waals surface area contributed by atoms with Gasteiger partial charge in [0.05, 0.1) is 16.8 Å². The highest BCUT2D eigenvalue weighted by molar-refractivity contribution is 5.88. The summed E-state index contributed by atoms with van der Waals surface area (Å²) in [4.78, 5) is 14.5. The molecule has 0 spiro atoms. The van der Waals surface area contributed by atoms with Crippen molar-refractivity contribution in [1.82, 2.24) is 15.0 Å². The molecule has 1 atom stereocenters. The summed E-state index contributed by atoms with van der Waals surface area (Å²) in [5.74, 6) is 0.706. The van der Waals surface area contributed by atoms with Crippen LogP contribution in [0.25, 0.3) is 56.2 Å². The summed E-state index contributed by atoms with van der Waals surface area (Å²) in [6.07, 6.45) is 3.81. The largest absolute Gasteiger partial charge is 0.265 e. The average molecular weight is 626 g/mol. The first-order valence-electron chi connectivity index (χ1n) is 16.6. The van der Waals surface area contributed by atoms with E-state index in [1.807, 2.05) is 48.8 Å². The topological polar surface area (TPSA) is 38.7 Å². The molecule has 0 amide bonds. The summed E-state index contributed by atoms with van der Waals surface area (Å²) in [5.41, 5.74) is 14.3. The molecule has 0 radical (unpaired) electrons. The molecule has 49 heavy (non-hydrogen) atoms. The molecule has 2 heterocycles. The standard InChI is InChI=1S/C46H31N3/c1-4-12-33(13-5-1)43-31-44(34-14-6-2-7-15-34)49-45(48-43)35-22-20-32(21-23-35)36-24-25-40-39-18-10-11-19-41(39)46(42(40)30-36,37-16-8-3-9-17-37)38-26-28-47-29-27-38/h1-31H. The molecule has 6 aromatic carbocycles. The van der Waals surface area contributed by atoms with Crippen LogP contribution in [0.5, 0.6) is 0 Å². The van der Waals surface area contributed by atoms with E-state index < -0.39 is 5.41 Å². The number of hydrogen-bond donors (Lipinski definition) is 0. The second kappa shape index (κ2) is 12.0. The molecule has 0 bridgehead atoms. The summed E-state index contributed by atoms with van der Waals surface area (Å²) < 4.78 is 0. The number of aromatic nitrogens is 3. The molecule has 0 aliphatic heterocycles. The van der Waals surface area contributed by atoms with Crippen LogP contribution in [0.3, 0.4) is 0 Å². The van der Waals surface area contributed by atoms with Crippen LogP contribution in [0, 0.1) is 0 Å². The maximum absolute atomic E-state index is 5.04. The van der Waals surface area contributed by atoms with Crippen molar-refractivity contribution in [2.75, 3.05) is 0 Å². The van der Waals surface area contributed by atoms with Crippen molar-refractivity contribution in [3.05, 3.63) is 211 Å². The van der Waals surface area contributed by atoms with E-state index in [1.54, 1.807) is 0 Å². The van der Waals surface area contributed by atoms with Crippen LogP contribution in [0.15, 0.2) is 188 Å². The molecule has 0 saturated heterocycles. The highest BCUT2D eigenvalue weighted by Gasteiger charge is 2.46. The Morgan fingerprint density at radius 3 is 1.51 bits per heavy atom. The fourth-order valence-electron chi connectivity index (χ4n) is 7.44. The second-order valence-corrected chi connectivity index (χ2v) is 12.4. The Morgan fingerprint density at radius 1 is 0.347 bits per heavy atom. The maximum atomic E-state index is 5.04. The maximum Gasteiger partial charge on any atom is 0.160 e. The van der Waals surface area contributed by atoms with Crippen LogP contribution < -0.4 is 0 Å². The molecule has 1 unspecified atom stereocenters. The zero-order valence-electron chi connectivity index (χ0n) is 26.7. The quantitative estimate of drug-likeness (QED) is 0.185. The van der Waals surface area contributed by atoms with Crippen LogP contribution in [-0.4, -0.2) is 15.0 Å². The predicted octanol–water partition coefficient (Wildman–Crippen LogP) is 10.9. The van der Waals surface area contributed by atoms with Crippen LogP contribution in [0.2, 0.25) is 0 Å². The molecule has 9 rings (SSSR count). The van der Waals surface area contributed by atoms with Crippen LogP contribution in [0.1, 0.15) is 22.3 Å². The molecular formula is C46H31N3. The lowest BCUT2D eigenvalue weighted by molar-refractivity contribution is 0.766. The van der Waals surface area contributed by atoms with E-state index in [0.29, 0.717) is 5.82 Å². The van der Waals surface area contributed by atoms with E-state index >= 15 is 0 Å². The van der Waals surface area contributed by atoms with E-state index in [9.17, 15) is 0 Å². The second-order valence-electron chi connectivity index (χ2n) is 12.4. The first kappa shape index (κ1) is 28.7. The first-order chi connectivity index (χ1) is 24.3. The van der Waals surface area contributed by atoms with E-state index in [0.717, 1.165) is 39.2 Å². The van der Waals surface area contributed by atoms with Crippen molar-refractivity contribution < 1.29 is 0 Å². The van der Waals surface area contributed by atoms with Crippen molar-refractivity contribution in [2.24, 2.45) is 0 Å². The van der Waals surface area contributed by atoms with Gasteiger partial charge in [0.1, 0.15) is 0 Å². The Morgan fingerprint density at radius 2 is 0.857 bits per heavy atom. The van der Waals surface area contributed by atoms with Gasteiger partial charge in [-0.3, -0.25) is 4.98 Å². The zero-order chi connectivity index (χ0) is 32.6. The number of benzene rings is 6. The Hall–Kier alpha value is -6.45. The van der Waals surface area contributed by atoms with Gasteiger partial charge in [-0.25, -0.2) is 9.97 Å². The van der Waals surface area contributed by atoms with Crippen molar-refractivity contribution in [1.29, 1.82) is 0 Å². The number of fused-ring (bicyclic) bond motifs is 3. The summed E-state index contributed by atoms with van der Waals surface area (Å²) >= 11 is 0. The van der Waals surface area contributed by atoms with Crippen LogP contribution >= 0.6 is 0 Å². The van der Waals surface area contributed by atoms with Gasteiger partial charge in [0.25, 0.3) is 0 Å². The van der Waals surface area contributed by atoms with E-state index in [4.69, 9.17) is 9.97 Å². The molecular weight excluding hydrogens is 595 g/mol. The average Bonchev–Trinajstić information content (AvgIpc) is 3.49. The minimum atomic E-state index is -0.467. The van der Waals surface area contributed by atoms with Crippen LogP contribution in [-0.2, 0) is 5.41 Å². The van der Waals surface area contributed by atoms with Gasteiger partial charge >= 0.3 is 0 Å². The van der Waals surface area contributed by atoms with Gasteiger partial charge in [0, 0.05) is 29.1 Å². The van der Waals surface area contributed by atoms with Gasteiger partial charge in [-0.2, -0.15) is 0 Å². The molecule has 1 aliphatic carbocycles. The van der Waals surface area contributed by atoms with Gasteiger partial charge in [0.15, 0.2) is 5.82 Å². The fraction of sp³-hybridized carbons (Fsp3) is 0.0217. The lowest BCUT2D eigenvalue weighted by atomic mass is 9.67. The van der Waals surface area contributed by atoms with Gasteiger partial charge in [-0.05, 0) is 68.8 Å². The van der Waals surface area contributed by atoms with Crippen molar-refractivity contribution in [3.63, 3.8) is 0 Å². The van der Waals surface area contributed by atoms with Gasteiger partial charge in [0.2, 0.25) is 0 Å². The van der Waals surface area contributed by atoms with Gasteiger partial charge in [-0.15, -0.1) is 0 Å². The monoisotopic (exact) mass is 625 g/mol. The highest BCUT2D eigenvalue weighted by Crippen LogP contribution is 2.56. The molecule has 1 aliphatic rings. The van der Waals surface area contributed by atoms with Crippen LogP contribution in [0.4, 0.5) is 0 Å². The summed E-state index contributed by atoms with van der Waals surface area (Å²) in [7, 11) is 0. The Bertz CT molecular complexity index is 2310.